The zero-order valence-electron chi connectivity index (χ0n) is 6.27. The highest BCUT2D eigenvalue weighted by molar-refractivity contribution is 7.99. The lowest BCUT2D eigenvalue weighted by atomic mass is 10.1. The average Bonchev–Trinajstić information content (AvgIpc) is 2.03. The molecule has 0 aromatic heterocycles. The molecule has 2 heteroatoms. The van der Waals surface area contributed by atoms with E-state index < -0.39 is 0 Å². The Hall–Kier alpha value is -0.0800. The minimum absolute atomic E-state index is 0.204. The summed E-state index contributed by atoms with van der Waals surface area (Å²) >= 11 is 8.39. The minimum atomic E-state index is 0.204. The van der Waals surface area contributed by atoms with E-state index in [2.05, 4.69) is 49.5 Å². The quantitative estimate of drug-likeness (QED) is 0.524. The van der Waals surface area contributed by atoms with Crippen molar-refractivity contribution < 1.29 is 0 Å². The van der Waals surface area contributed by atoms with E-state index in [-0.39, 0.29) is 4.58 Å². The van der Waals surface area contributed by atoms with Crippen LogP contribution in [0.5, 0.6) is 0 Å². The van der Waals surface area contributed by atoms with E-state index >= 15 is 0 Å². The second-order valence-corrected chi connectivity index (χ2v) is 4.16. The first kappa shape index (κ1) is 9.01. The van der Waals surface area contributed by atoms with Crippen LogP contribution in [-0.2, 0) is 6.42 Å². The zero-order chi connectivity index (χ0) is 8.10. The van der Waals surface area contributed by atoms with Gasteiger partial charge in [-0.3, -0.25) is 0 Å². The second-order valence-electron chi connectivity index (χ2n) is 2.50. The molecule has 0 N–H and O–H groups in total. The van der Waals surface area contributed by atoms with Crippen molar-refractivity contribution in [2.45, 2.75) is 17.4 Å². The van der Waals surface area contributed by atoms with Crippen LogP contribution in [0.1, 0.15) is 12.0 Å². The predicted octanol–water partition coefficient (Wildman–Crippen LogP) is 2.80. The van der Waals surface area contributed by atoms with Gasteiger partial charge in [0.05, 0.1) is 0 Å². The maximum absolute atomic E-state index is 4.19. The molecule has 0 aliphatic heterocycles. The Kier molecular flexibility index (Phi) is 3.87. The highest BCUT2D eigenvalue weighted by Crippen LogP contribution is 2.10. The molecular formula is C9H12S2. The van der Waals surface area contributed by atoms with Gasteiger partial charge in [0.1, 0.15) is 0 Å². The molecule has 0 spiro atoms. The molecule has 0 saturated carbocycles. The van der Waals surface area contributed by atoms with Crippen LogP contribution in [0.15, 0.2) is 30.3 Å². The van der Waals surface area contributed by atoms with Crippen molar-refractivity contribution in [3.63, 3.8) is 0 Å². The Morgan fingerprint density at radius 1 is 1.09 bits per heavy atom. The van der Waals surface area contributed by atoms with E-state index in [0.717, 1.165) is 12.8 Å². The Morgan fingerprint density at radius 3 is 2.27 bits per heavy atom. The Balaban J connectivity index is 2.39. The third-order valence-electron chi connectivity index (χ3n) is 1.53. The normalized spacial score (nSPS) is 10.5. The number of thiol groups is 2. The Labute approximate surface area is 78.8 Å². The van der Waals surface area contributed by atoms with Crippen molar-refractivity contribution in [3.8, 4) is 0 Å². The summed E-state index contributed by atoms with van der Waals surface area (Å²) in [5.74, 6) is 0. The van der Waals surface area contributed by atoms with E-state index in [0.29, 0.717) is 0 Å². The molecule has 1 aromatic carbocycles. The van der Waals surface area contributed by atoms with Crippen molar-refractivity contribution in [1.82, 2.24) is 0 Å². The molecule has 0 fully saturated rings. The summed E-state index contributed by atoms with van der Waals surface area (Å²) in [6.07, 6.45) is 2.09. The minimum Gasteiger partial charge on any atom is -0.165 e. The average molecular weight is 184 g/mol. The molecular weight excluding hydrogens is 172 g/mol. The van der Waals surface area contributed by atoms with Gasteiger partial charge in [0.2, 0.25) is 0 Å². The van der Waals surface area contributed by atoms with Gasteiger partial charge in [0, 0.05) is 4.58 Å². The van der Waals surface area contributed by atoms with Crippen LogP contribution in [0.2, 0.25) is 0 Å². The topological polar surface area (TPSA) is 0 Å². The van der Waals surface area contributed by atoms with E-state index in [1.807, 2.05) is 6.07 Å². The van der Waals surface area contributed by atoms with Gasteiger partial charge < -0.3 is 0 Å². The molecule has 1 rings (SSSR count). The molecule has 0 unspecified atom stereocenters. The fourth-order valence-corrected chi connectivity index (χ4v) is 1.20. The van der Waals surface area contributed by atoms with Gasteiger partial charge in [-0.15, -0.1) is 0 Å². The first-order valence-corrected chi connectivity index (χ1v) is 4.72. The molecule has 0 saturated heterocycles. The maximum atomic E-state index is 4.19. The molecule has 60 valence electrons. The fraction of sp³-hybridized carbons (Fsp3) is 0.333. The van der Waals surface area contributed by atoms with Gasteiger partial charge >= 0.3 is 0 Å². The summed E-state index contributed by atoms with van der Waals surface area (Å²) in [5, 5.41) is 0. The Bertz CT molecular complexity index is 194. The summed E-state index contributed by atoms with van der Waals surface area (Å²) in [6, 6.07) is 10.4. The van der Waals surface area contributed by atoms with Gasteiger partial charge in [0.15, 0.2) is 0 Å². The first-order valence-electron chi connectivity index (χ1n) is 3.69. The second kappa shape index (κ2) is 4.73. The summed E-state index contributed by atoms with van der Waals surface area (Å²) in [5.41, 5.74) is 1.36. The zero-order valence-corrected chi connectivity index (χ0v) is 8.06. The van der Waals surface area contributed by atoms with Crippen LogP contribution in [0.4, 0.5) is 0 Å². The highest BCUT2D eigenvalue weighted by atomic mass is 32.2. The molecule has 11 heavy (non-hydrogen) atoms. The first-order chi connectivity index (χ1) is 5.29. The largest absolute Gasteiger partial charge is 0.165 e. The van der Waals surface area contributed by atoms with Gasteiger partial charge in [-0.1, -0.05) is 30.3 Å². The third kappa shape index (κ3) is 3.73. The van der Waals surface area contributed by atoms with Crippen molar-refractivity contribution in [1.29, 1.82) is 0 Å². The maximum Gasteiger partial charge on any atom is 0.0445 e. The van der Waals surface area contributed by atoms with Crippen LogP contribution < -0.4 is 0 Å². The number of hydrogen-bond donors (Lipinski definition) is 2. The fourth-order valence-electron chi connectivity index (χ4n) is 0.940. The van der Waals surface area contributed by atoms with Crippen LogP contribution in [0.25, 0.3) is 0 Å². The monoisotopic (exact) mass is 184 g/mol. The van der Waals surface area contributed by atoms with Crippen molar-refractivity contribution in [2.24, 2.45) is 0 Å². The SMILES string of the molecule is SC(S)CCc1ccccc1. The van der Waals surface area contributed by atoms with Gasteiger partial charge in [-0.05, 0) is 18.4 Å². The molecule has 0 aliphatic rings. The van der Waals surface area contributed by atoms with E-state index in [1.165, 1.54) is 5.56 Å². The summed E-state index contributed by atoms with van der Waals surface area (Å²) in [6.45, 7) is 0. The predicted molar refractivity (Wildman–Crippen MR) is 56.5 cm³/mol. The lowest BCUT2D eigenvalue weighted by Gasteiger charge is -2.02. The van der Waals surface area contributed by atoms with E-state index in [1.54, 1.807) is 0 Å². The van der Waals surface area contributed by atoms with Crippen molar-refractivity contribution >= 4 is 25.3 Å². The van der Waals surface area contributed by atoms with Crippen molar-refractivity contribution in [3.05, 3.63) is 35.9 Å². The van der Waals surface area contributed by atoms with E-state index in [9.17, 15) is 0 Å². The molecule has 0 nitrogen and oxygen atoms in total. The van der Waals surface area contributed by atoms with Gasteiger partial charge in [0.25, 0.3) is 0 Å². The number of hydrogen-bond acceptors (Lipinski definition) is 2. The van der Waals surface area contributed by atoms with Crippen LogP contribution in [0.3, 0.4) is 0 Å². The van der Waals surface area contributed by atoms with Crippen LogP contribution in [-0.4, -0.2) is 4.58 Å². The molecule has 0 bridgehead atoms. The molecule has 0 heterocycles. The summed E-state index contributed by atoms with van der Waals surface area (Å²) < 4.78 is 0.204. The molecule has 1 aromatic rings. The van der Waals surface area contributed by atoms with E-state index in [4.69, 9.17) is 0 Å². The molecule has 0 atom stereocenters. The standard InChI is InChI=1S/C9H12S2/c10-9(11)7-6-8-4-2-1-3-5-8/h1-5,9-11H,6-7H2. The lowest BCUT2D eigenvalue weighted by molar-refractivity contribution is 0.911. The molecule has 0 radical (unpaired) electrons. The van der Waals surface area contributed by atoms with Crippen LogP contribution >= 0.6 is 25.3 Å². The van der Waals surface area contributed by atoms with Crippen molar-refractivity contribution in [2.75, 3.05) is 0 Å². The van der Waals surface area contributed by atoms with Gasteiger partial charge in [-0.2, -0.15) is 25.3 Å². The number of benzene rings is 1. The smallest absolute Gasteiger partial charge is 0.0445 e. The lowest BCUT2D eigenvalue weighted by Crippen LogP contribution is -1.91. The summed E-state index contributed by atoms with van der Waals surface area (Å²) in [4.78, 5) is 0. The summed E-state index contributed by atoms with van der Waals surface area (Å²) in [7, 11) is 0. The van der Waals surface area contributed by atoms with Crippen LogP contribution in [0, 0.1) is 0 Å². The third-order valence-corrected chi connectivity index (χ3v) is 2.05. The Morgan fingerprint density at radius 2 is 1.73 bits per heavy atom. The highest BCUT2D eigenvalue weighted by Gasteiger charge is 1.95. The van der Waals surface area contributed by atoms with Gasteiger partial charge in [-0.25, -0.2) is 0 Å². The molecule has 0 aliphatic carbocycles. The number of rotatable bonds is 3. The number of aryl methyl sites for hydroxylation is 1. The molecule has 0 amide bonds.